The molecule has 0 fully saturated rings. The number of rotatable bonds is 8. The fourth-order valence-electron chi connectivity index (χ4n) is 1.36. The normalized spacial score (nSPS) is 15.7. The zero-order valence-corrected chi connectivity index (χ0v) is 12.8. The number of hydrogen-bond donors (Lipinski definition) is 4. The van der Waals surface area contributed by atoms with Crippen molar-refractivity contribution in [3.8, 4) is 0 Å². The van der Waals surface area contributed by atoms with Gasteiger partial charge in [-0.25, -0.2) is 4.79 Å². The van der Waals surface area contributed by atoms with E-state index in [1.807, 2.05) is 0 Å². The monoisotopic (exact) mass is 356 g/mol. The predicted octanol–water partition coefficient (Wildman–Crippen LogP) is 0.890. The number of carboxylic acids is 2. The molecule has 0 saturated carbocycles. The lowest BCUT2D eigenvalue weighted by Crippen LogP contribution is -2.31. The molecule has 24 heavy (non-hydrogen) atoms. The fraction of sp³-hybridized carbons (Fsp3) is 0.750. The summed E-state index contributed by atoms with van der Waals surface area (Å²) >= 11 is 0. The largest absolute Gasteiger partial charge is 0.490 e. The van der Waals surface area contributed by atoms with Gasteiger partial charge < -0.3 is 21.3 Å². The Morgan fingerprint density at radius 2 is 1.71 bits per heavy atom. The molecule has 0 aromatic heterocycles. The van der Waals surface area contributed by atoms with Crippen LogP contribution in [0.4, 0.5) is 13.2 Å². The zero-order chi connectivity index (χ0) is 19.0. The van der Waals surface area contributed by atoms with Crippen LogP contribution in [0, 0.1) is 0 Å². The van der Waals surface area contributed by atoms with E-state index in [2.05, 4.69) is 15.5 Å². The van der Waals surface area contributed by atoms with Gasteiger partial charge in [0.1, 0.15) is 6.04 Å². The average molecular weight is 356 g/mol. The standard InChI is InChI=1S/C10H18N4O3.C2HF3O2/c1-10(13-14-10)6-8(15)12-5-3-2-4-7(11)9(16)17;3-2(4,5)1(6)7/h7H,2-6,11H2,1H3,(H,12,15)(H,16,17);(H,6,7)/t7-;/m0./s1. The molecular weight excluding hydrogens is 337 g/mol. The molecule has 0 saturated heterocycles. The number of halogens is 3. The number of carboxylic acid groups (broad SMARTS) is 2. The van der Waals surface area contributed by atoms with E-state index in [9.17, 15) is 22.8 Å². The number of amides is 1. The molecule has 0 radical (unpaired) electrons. The van der Waals surface area contributed by atoms with Gasteiger partial charge in [-0.1, -0.05) is 0 Å². The van der Waals surface area contributed by atoms with E-state index >= 15 is 0 Å². The first-order chi connectivity index (χ1) is 10.9. The lowest BCUT2D eigenvalue weighted by Gasteiger charge is -2.08. The summed E-state index contributed by atoms with van der Waals surface area (Å²) < 4.78 is 31.7. The van der Waals surface area contributed by atoms with Gasteiger partial charge in [0.15, 0.2) is 5.66 Å². The minimum Gasteiger partial charge on any atom is -0.480 e. The Balaban J connectivity index is 0.000000640. The van der Waals surface area contributed by atoms with Crippen molar-refractivity contribution in [2.75, 3.05) is 6.54 Å². The number of alkyl halides is 3. The molecule has 0 unspecified atom stereocenters. The fourth-order valence-corrected chi connectivity index (χ4v) is 1.36. The molecule has 0 bridgehead atoms. The highest BCUT2D eigenvalue weighted by molar-refractivity contribution is 5.77. The Labute approximate surface area is 135 Å². The average Bonchev–Trinajstić information content (AvgIpc) is 3.14. The van der Waals surface area contributed by atoms with Gasteiger partial charge in [-0.15, -0.1) is 0 Å². The van der Waals surface area contributed by atoms with E-state index in [0.717, 1.165) is 6.42 Å². The van der Waals surface area contributed by atoms with E-state index in [1.54, 1.807) is 6.92 Å². The van der Waals surface area contributed by atoms with Crippen molar-refractivity contribution in [3.05, 3.63) is 0 Å². The maximum Gasteiger partial charge on any atom is 0.490 e. The molecule has 9 nitrogen and oxygen atoms in total. The molecule has 0 spiro atoms. The van der Waals surface area contributed by atoms with Crippen molar-refractivity contribution >= 4 is 17.8 Å². The molecule has 1 amide bonds. The summed E-state index contributed by atoms with van der Waals surface area (Å²) in [6.45, 7) is 2.32. The molecule has 0 aromatic rings. The van der Waals surface area contributed by atoms with Crippen molar-refractivity contribution in [3.63, 3.8) is 0 Å². The van der Waals surface area contributed by atoms with Crippen LogP contribution in [0.2, 0.25) is 0 Å². The van der Waals surface area contributed by atoms with Crippen LogP contribution in [-0.2, 0) is 14.4 Å². The molecule has 1 aliphatic heterocycles. The molecule has 5 N–H and O–H groups in total. The second-order valence-corrected chi connectivity index (χ2v) is 5.19. The van der Waals surface area contributed by atoms with Crippen molar-refractivity contribution in [1.29, 1.82) is 0 Å². The summed E-state index contributed by atoms with van der Waals surface area (Å²) in [5.41, 5.74) is 4.83. The van der Waals surface area contributed by atoms with Gasteiger partial charge in [0, 0.05) is 6.54 Å². The van der Waals surface area contributed by atoms with Crippen LogP contribution >= 0.6 is 0 Å². The van der Waals surface area contributed by atoms with Crippen molar-refractivity contribution in [2.45, 2.75) is 50.5 Å². The van der Waals surface area contributed by atoms with Crippen LogP contribution in [0.15, 0.2) is 10.2 Å². The summed E-state index contributed by atoms with van der Waals surface area (Å²) in [5, 5.41) is 25.9. The highest BCUT2D eigenvalue weighted by Gasteiger charge is 2.38. The first-order valence-corrected chi connectivity index (χ1v) is 6.86. The lowest BCUT2D eigenvalue weighted by atomic mass is 10.1. The van der Waals surface area contributed by atoms with Crippen LogP contribution < -0.4 is 11.1 Å². The summed E-state index contributed by atoms with van der Waals surface area (Å²) in [6, 6.07) is -0.811. The number of unbranched alkanes of at least 4 members (excludes halogenated alkanes) is 1. The van der Waals surface area contributed by atoms with Crippen molar-refractivity contribution in [1.82, 2.24) is 5.32 Å². The number of carbonyl (C=O) groups is 3. The van der Waals surface area contributed by atoms with E-state index < -0.39 is 29.8 Å². The van der Waals surface area contributed by atoms with Gasteiger partial charge >= 0.3 is 18.1 Å². The smallest absolute Gasteiger partial charge is 0.480 e. The SMILES string of the molecule is CC1(CC(=O)NCCCC[C@H](N)C(=O)O)N=N1.O=C(O)C(F)(F)F. The van der Waals surface area contributed by atoms with E-state index in [4.69, 9.17) is 20.7 Å². The first-order valence-electron chi connectivity index (χ1n) is 6.86. The maximum absolute atomic E-state index is 11.4. The summed E-state index contributed by atoms with van der Waals surface area (Å²) in [7, 11) is 0. The molecule has 0 aliphatic carbocycles. The Morgan fingerprint density at radius 1 is 1.21 bits per heavy atom. The molecule has 1 rings (SSSR count). The van der Waals surface area contributed by atoms with E-state index in [0.29, 0.717) is 19.4 Å². The van der Waals surface area contributed by atoms with E-state index in [1.165, 1.54) is 0 Å². The predicted molar refractivity (Wildman–Crippen MR) is 74.0 cm³/mol. The first kappa shape index (κ1) is 21.8. The highest BCUT2D eigenvalue weighted by atomic mass is 19.4. The number of nitrogens with two attached hydrogens (primary N) is 1. The van der Waals surface area contributed by atoms with Gasteiger partial charge in [0.25, 0.3) is 0 Å². The topological polar surface area (TPSA) is 154 Å². The Morgan fingerprint density at radius 3 is 2.08 bits per heavy atom. The number of aliphatic carboxylic acids is 2. The van der Waals surface area contributed by atoms with Gasteiger partial charge in [-0.05, 0) is 26.2 Å². The Hall–Kier alpha value is -2.24. The van der Waals surface area contributed by atoms with Crippen LogP contribution in [0.1, 0.15) is 32.6 Å². The van der Waals surface area contributed by atoms with Crippen LogP contribution in [0.5, 0.6) is 0 Å². The van der Waals surface area contributed by atoms with Gasteiger partial charge in [-0.3, -0.25) is 9.59 Å². The third-order valence-corrected chi connectivity index (χ3v) is 2.76. The summed E-state index contributed by atoms with van der Waals surface area (Å²) in [5.74, 6) is -3.83. The number of nitrogens with zero attached hydrogens (tertiary/aromatic N) is 2. The van der Waals surface area contributed by atoms with Gasteiger partial charge in [-0.2, -0.15) is 23.4 Å². The van der Waals surface area contributed by atoms with Crippen LogP contribution in [0.3, 0.4) is 0 Å². The third-order valence-electron chi connectivity index (χ3n) is 2.76. The second-order valence-electron chi connectivity index (χ2n) is 5.19. The Bertz CT molecular complexity index is 490. The summed E-state index contributed by atoms with van der Waals surface area (Å²) in [6.07, 6.45) is -2.98. The van der Waals surface area contributed by atoms with Gasteiger partial charge in [0.2, 0.25) is 5.91 Å². The number of carbonyl (C=O) groups excluding carboxylic acids is 1. The molecule has 0 aromatic carbocycles. The van der Waals surface area contributed by atoms with Crippen LogP contribution in [0.25, 0.3) is 0 Å². The van der Waals surface area contributed by atoms with Crippen molar-refractivity contribution in [2.24, 2.45) is 16.0 Å². The molecule has 1 heterocycles. The molecule has 138 valence electrons. The quantitative estimate of drug-likeness (QED) is 0.473. The molecular formula is C12H19F3N4O5. The van der Waals surface area contributed by atoms with Crippen molar-refractivity contribution < 1.29 is 37.8 Å². The van der Waals surface area contributed by atoms with E-state index in [-0.39, 0.29) is 12.3 Å². The third kappa shape index (κ3) is 10.5. The molecule has 1 atom stereocenters. The molecule has 12 heteroatoms. The number of hydrogen-bond acceptors (Lipinski definition) is 6. The number of nitrogens with one attached hydrogen (secondary N) is 1. The van der Waals surface area contributed by atoms with Crippen LogP contribution in [-0.4, -0.2) is 52.5 Å². The second kappa shape index (κ2) is 9.15. The zero-order valence-electron chi connectivity index (χ0n) is 12.8. The highest BCUT2D eigenvalue weighted by Crippen LogP contribution is 2.30. The lowest BCUT2D eigenvalue weighted by molar-refractivity contribution is -0.192. The minimum atomic E-state index is -5.08. The molecule has 1 aliphatic rings. The van der Waals surface area contributed by atoms with Gasteiger partial charge in [0.05, 0.1) is 6.42 Å². The summed E-state index contributed by atoms with van der Waals surface area (Å²) in [4.78, 5) is 30.7. The maximum atomic E-state index is 11.4. The minimum absolute atomic E-state index is 0.0833. The Kier molecular flexibility index (Phi) is 8.30.